The van der Waals surface area contributed by atoms with Crippen LogP contribution in [0.15, 0.2) is 24.8 Å². The Morgan fingerprint density at radius 1 is 1.12 bits per heavy atom. The lowest BCUT2D eigenvalue weighted by atomic mass is 9.93. The Hall–Kier alpha value is -3.54. The highest BCUT2D eigenvalue weighted by Crippen LogP contribution is 2.26. The normalized spacial score (nSPS) is 21.4. The first-order valence-corrected chi connectivity index (χ1v) is 10.7. The molecule has 168 valence electrons. The van der Waals surface area contributed by atoms with Crippen LogP contribution in [0.25, 0.3) is 5.65 Å². The second-order valence-electron chi connectivity index (χ2n) is 7.92. The van der Waals surface area contributed by atoms with Crippen LogP contribution in [0.1, 0.15) is 36.0 Å². The summed E-state index contributed by atoms with van der Waals surface area (Å²) in [5.74, 6) is 0.779. The summed E-state index contributed by atoms with van der Waals surface area (Å²) < 4.78 is 13.4. The van der Waals surface area contributed by atoms with Crippen molar-refractivity contribution in [1.29, 1.82) is 0 Å². The van der Waals surface area contributed by atoms with Crippen molar-refractivity contribution in [2.45, 2.75) is 37.8 Å². The van der Waals surface area contributed by atoms with E-state index in [0.717, 1.165) is 44.6 Å². The lowest BCUT2D eigenvalue weighted by Crippen LogP contribution is -2.37. The number of nitrogens with one attached hydrogen (secondary N) is 1. The van der Waals surface area contributed by atoms with Crippen LogP contribution < -0.4 is 20.7 Å². The Balaban J connectivity index is 1.22. The summed E-state index contributed by atoms with van der Waals surface area (Å²) in [5, 5.41) is 7.59. The van der Waals surface area contributed by atoms with Crippen molar-refractivity contribution < 1.29 is 14.3 Å². The third-order valence-corrected chi connectivity index (χ3v) is 5.77. The van der Waals surface area contributed by atoms with Crippen molar-refractivity contribution >= 4 is 23.3 Å². The van der Waals surface area contributed by atoms with E-state index in [0.29, 0.717) is 36.4 Å². The highest BCUT2D eigenvalue weighted by atomic mass is 16.5. The van der Waals surface area contributed by atoms with Gasteiger partial charge < -0.3 is 25.4 Å². The Bertz CT molecular complexity index is 1070. The first-order chi connectivity index (χ1) is 15.7. The van der Waals surface area contributed by atoms with Gasteiger partial charge in [0, 0.05) is 37.6 Å². The third kappa shape index (κ3) is 4.40. The van der Waals surface area contributed by atoms with Crippen LogP contribution >= 0.6 is 0 Å². The standard InChI is InChI=1S/C20H25N9O3/c21-18(30)13-10-22-19(23-11-13)26-14-1-3-15(4-2-14)32-20-27-17(28-5-7-31-8-6-28)9-16-24-12-25-29(16)20/h9-12,14-15H,1-8H2,(H2,21,30)(H,22,23,26). The fourth-order valence-electron chi connectivity index (χ4n) is 4.01. The molecule has 1 amide bonds. The molecule has 32 heavy (non-hydrogen) atoms. The zero-order valence-corrected chi connectivity index (χ0v) is 17.6. The minimum absolute atomic E-state index is 0.0334. The zero-order valence-electron chi connectivity index (χ0n) is 17.6. The van der Waals surface area contributed by atoms with Gasteiger partial charge in [-0.2, -0.15) is 14.6 Å². The monoisotopic (exact) mass is 439 g/mol. The third-order valence-electron chi connectivity index (χ3n) is 5.77. The largest absolute Gasteiger partial charge is 0.460 e. The van der Waals surface area contributed by atoms with Gasteiger partial charge in [-0.25, -0.2) is 15.0 Å². The number of amides is 1. The van der Waals surface area contributed by atoms with Gasteiger partial charge in [-0.15, -0.1) is 0 Å². The molecule has 1 aliphatic heterocycles. The van der Waals surface area contributed by atoms with E-state index >= 15 is 0 Å². The number of morpholine rings is 1. The molecule has 12 nitrogen and oxygen atoms in total. The molecule has 0 unspecified atom stereocenters. The van der Waals surface area contributed by atoms with Gasteiger partial charge in [0.05, 0.1) is 18.8 Å². The van der Waals surface area contributed by atoms with Crippen LogP contribution in [-0.4, -0.2) is 73.9 Å². The lowest BCUT2D eigenvalue weighted by Gasteiger charge is -2.30. The molecule has 4 heterocycles. The highest BCUT2D eigenvalue weighted by molar-refractivity contribution is 5.92. The molecular formula is C20H25N9O3. The minimum atomic E-state index is -0.540. The van der Waals surface area contributed by atoms with E-state index in [1.807, 2.05) is 6.07 Å². The molecule has 1 saturated carbocycles. The number of nitrogens with two attached hydrogens (primary N) is 1. The second kappa shape index (κ2) is 8.91. The summed E-state index contributed by atoms with van der Waals surface area (Å²) in [4.78, 5) is 30.7. The smallest absolute Gasteiger partial charge is 0.321 e. The van der Waals surface area contributed by atoms with Gasteiger partial charge in [-0.1, -0.05) is 0 Å². The van der Waals surface area contributed by atoms with E-state index in [2.05, 4.69) is 30.3 Å². The van der Waals surface area contributed by atoms with Crippen molar-refractivity contribution in [2.75, 3.05) is 36.5 Å². The van der Waals surface area contributed by atoms with Gasteiger partial charge in [0.25, 0.3) is 5.91 Å². The summed E-state index contributed by atoms with van der Waals surface area (Å²) in [6.45, 7) is 2.94. The molecule has 5 rings (SSSR count). The van der Waals surface area contributed by atoms with Crippen LogP contribution in [0.3, 0.4) is 0 Å². The Morgan fingerprint density at radius 3 is 2.59 bits per heavy atom. The van der Waals surface area contributed by atoms with Crippen LogP contribution in [0, 0.1) is 0 Å². The Labute approximate surface area is 184 Å². The molecule has 2 aliphatic rings. The summed E-state index contributed by atoms with van der Waals surface area (Å²) in [6, 6.07) is 2.62. The van der Waals surface area contributed by atoms with Gasteiger partial charge in [-0.3, -0.25) is 4.79 Å². The van der Waals surface area contributed by atoms with E-state index in [9.17, 15) is 4.79 Å². The molecule has 0 atom stereocenters. The average Bonchev–Trinajstić information content (AvgIpc) is 3.30. The Morgan fingerprint density at radius 2 is 1.88 bits per heavy atom. The maximum atomic E-state index is 11.1. The highest BCUT2D eigenvalue weighted by Gasteiger charge is 2.25. The fourth-order valence-corrected chi connectivity index (χ4v) is 4.01. The fraction of sp³-hybridized carbons (Fsp3) is 0.500. The van der Waals surface area contributed by atoms with Gasteiger partial charge in [0.2, 0.25) is 5.95 Å². The predicted molar refractivity (Wildman–Crippen MR) is 115 cm³/mol. The van der Waals surface area contributed by atoms with Gasteiger partial charge in [-0.05, 0) is 25.7 Å². The van der Waals surface area contributed by atoms with Gasteiger partial charge in [0.15, 0.2) is 5.65 Å². The average molecular weight is 439 g/mol. The van der Waals surface area contributed by atoms with Crippen LogP contribution in [0.4, 0.5) is 11.8 Å². The number of nitrogens with zero attached hydrogens (tertiary/aromatic N) is 7. The topological polar surface area (TPSA) is 146 Å². The number of anilines is 2. The first-order valence-electron chi connectivity index (χ1n) is 10.7. The summed E-state index contributed by atoms with van der Waals surface area (Å²) in [5.41, 5.74) is 6.23. The zero-order chi connectivity index (χ0) is 21.9. The second-order valence-corrected chi connectivity index (χ2v) is 7.92. The lowest BCUT2D eigenvalue weighted by molar-refractivity contribution is 0.0999. The molecule has 1 saturated heterocycles. The number of hydrogen-bond acceptors (Lipinski definition) is 10. The quantitative estimate of drug-likeness (QED) is 0.561. The summed E-state index contributed by atoms with van der Waals surface area (Å²) in [7, 11) is 0. The van der Waals surface area contributed by atoms with Gasteiger partial charge in [0.1, 0.15) is 18.2 Å². The maximum Gasteiger partial charge on any atom is 0.321 e. The van der Waals surface area contributed by atoms with Crippen molar-refractivity contribution in [1.82, 2.24) is 29.5 Å². The van der Waals surface area contributed by atoms with Crippen molar-refractivity contribution in [2.24, 2.45) is 5.73 Å². The van der Waals surface area contributed by atoms with Crippen LogP contribution in [0.5, 0.6) is 6.01 Å². The molecule has 3 aromatic rings. The van der Waals surface area contributed by atoms with Crippen LogP contribution in [-0.2, 0) is 4.74 Å². The molecule has 0 spiro atoms. The van der Waals surface area contributed by atoms with E-state index in [-0.39, 0.29) is 12.1 Å². The number of rotatable bonds is 6. The number of fused-ring (bicyclic) bond motifs is 1. The van der Waals surface area contributed by atoms with E-state index in [4.69, 9.17) is 20.2 Å². The molecule has 0 radical (unpaired) electrons. The molecule has 2 fully saturated rings. The molecule has 12 heteroatoms. The minimum Gasteiger partial charge on any atom is -0.460 e. The van der Waals surface area contributed by atoms with Crippen LogP contribution in [0.2, 0.25) is 0 Å². The van der Waals surface area contributed by atoms with Crippen molar-refractivity contribution in [3.8, 4) is 6.01 Å². The predicted octanol–water partition coefficient (Wildman–Crippen LogP) is 0.652. The number of carbonyl (C=O) groups excluding carboxylic acids is 1. The van der Waals surface area contributed by atoms with E-state index < -0.39 is 5.91 Å². The number of hydrogen-bond donors (Lipinski definition) is 2. The SMILES string of the molecule is NC(=O)c1cnc(NC2CCC(Oc3nc(N4CCOCC4)cc4ncnn34)CC2)nc1. The molecule has 3 aromatic heterocycles. The van der Waals surface area contributed by atoms with Crippen molar-refractivity contribution in [3.05, 3.63) is 30.4 Å². The number of aromatic nitrogens is 6. The number of carbonyl (C=O) groups is 1. The molecule has 0 aromatic carbocycles. The molecule has 1 aliphatic carbocycles. The van der Waals surface area contributed by atoms with E-state index in [1.165, 1.54) is 18.7 Å². The van der Waals surface area contributed by atoms with Gasteiger partial charge >= 0.3 is 6.01 Å². The summed E-state index contributed by atoms with van der Waals surface area (Å²) >= 11 is 0. The van der Waals surface area contributed by atoms with E-state index in [1.54, 1.807) is 4.52 Å². The maximum absolute atomic E-state index is 11.1. The molecule has 0 bridgehead atoms. The Kier molecular flexibility index (Phi) is 5.67. The number of primary amides is 1. The number of ether oxygens (including phenoxy) is 2. The molecule has 3 N–H and O–H groups in total. The molecular weight excluding hydrogens is 414 g/mol. The summed E-state index contributed by atoms with van der Waals surface area (Å²) in [6.07, 6.45) is 7.92. The van der Waals surface area contributed by atoms with Crippen molar-refractivity contribution in [3.63, 3.8) is 0 Å². The first kappa shape index (κ1) is 20.4.